The van der Waals surface area contributed by atoms with E-state index < -0.39 is 18.0 Å². The molecule has 3 heterocycles. The number of rotatable bonds is 4. The summed E-state index contributed by atoms with van der Waals surface area (Å²) in [6.45, 7) is 6.59. The van der Waals surface area contributed by atoms with Crippen LogP contribution in [0.3, 0.4) is 0 Å². The molecule has 4 aromatic rings. The van der Waals surface area contributed by atoms with Gasteiger partial charge in [0.2, 0.25) is 0 Å². The van der Waals surface area contributed by atoms with Gasteiger partial charge in [0.15, 0.2) is 0 Å². The molecule has 0 saturated carbocycles. The van der Waals surface area contributed by atoms with E-state index in [1.54, 1.807) is 43.6 Å². The van der Waals surface area contributed by atoms with Crippen LogP contribution in [0.4, 0.5) is 10.1 Å². The first-order chi connectivity index (χ1) is 18.6. The summed E-state index contributed by atoms with van der Waals surface area (Å²) in [7, 11) is 1.62. The van der Waals surface area contributed by atoms with Crippen molar-refractivity contribution in [2.75, 3.05) is 18.5 Å². The Morgan fingerprint density at radius 2 is 1.95 bits per heavy atom. The molecular formula is C29H30FN5O4. The minimum absolute atomic E-state index is 0.0749. The van der Waals surface area contributed by atoms with E-state index in [1.807, 2.05) is 20.8 Å². The van der Waals surface area contributed by atoms with Crippen molar-refractivity contribution in [3.05, 3.63) is 86.4 Å². The summed E-state index contributed by atoms with van der Waals surface area (Å²) in [4.78, 5) is 30.6. The molecule has 0 radical (unpaired) electrons. The van der Waals surface area contributed by atoms with Crippen molar-refractivity contribution in [3.8, 4) is 16.8 Å². The van der Waals surface area contributed by atoms with Crippen LogP contribution in [0.1, 0.15) is 38.3 Å². The molecule has 2 N–H and O–H groups in total. The molecule has 0 unspecified atom stereocenters. The minimum atomic E-state index is -0.632. The number of pyridine rings is 1. The second-order valence-corrected chi connectivity index (χ2v) is 10.6. The number of ether oxygens (including phenoxy) is 1. The number of aliphatic hydroxyl groups excluding tert-OH is 1. The topological polar surface area (TPSA) is 111 Å². The number of hydrogen-bond acceptors (Lipinski definition) is 7. The average Bonchev–Trinajstić information content (AvgIpc) is 2.90. The fraction of sp³-hybridized carbons (Fsp3) is 0.310. The third-order valence-electron chi connectivity index (χ3n) is 6.78. The first kappa shape index (κ1) is 26.3. The molecular weight excluding hydrogens is 501 g/mol. The number of nitrogens with zero attached hydrogens (tertiary/aromatic N) is 4. The number of hydrogen-bond donors (Lipinski definition) is 2. The van der Waals surface area contributed by atoms with Gasteiger partial charge in [-0.05, 0) is 40.8 Å². The molecule has 5 rings (SSSR count). The molecule has 0 bridgehead atoms. The molecule has 39 heavy (non-hydrogen) atoms. The highest BCUT2D eigenvalue weighted by Crippen LogP contribution is 2.30. The van der Waals surface area contributed by atoms with Crippen LogP contribution in [0.2, 0.25) is 0 Å². The maximum atomic E-state index is 15.2. The highest BCUT2D eigenvalue weighted by molar-refractivity contribution is 5.90. The van der Waals surface area contributed by atoms with Crippen LogP contribution in [-0.2, 0) is 23.8 Å². The van der Waals surface area contributed by atoms with E-state index in [9.17, 15) is 14.7 Å². The van der Waals surface area contributed by atoms with E-state index in [1.165, 1.54) is 16.8 Å². The van der Waals surface area contributed by atoms with Crippen LogP contribution >= 0.6 is 0 Å². The number of halogens is 1. The van der Waals surface area contributed by atoms with Gasteiger partial charge in [-0.15, -0.1) is 0 Å². The third-order valence-corrected chi connectivity index (χ3v) is 6.78. The lowest BCUT2D eigenvalue weighted by atomic mass is 9.86. The van der Waals surface area contributed by atoms with Crippen molar-refractivity contribution in [3.63, 3.8) is 0 Å². The molecule has 10 heteroatoms. The quantitative estimate of drug-likeness (QED) is 0.414. The Kier molecular flexibility index (Phi) is 6.82. The predicted molar refractivity (Wildman–Crippen MR) is 149 cm³/mol. The van der Waals surface area contributed by atoms with Crippen LogP contribution in [0.5, 0.6) is 0 Å². The van der Waals surface area contributed by atoms with Crippen molar-refractivity contribution in [2.24, 2.45) is 12.0 Å². The van der Waals surface area contributed by atoms with Gasteiger partial charge in [-0.2, -0.15) is 9.78 Å². The fourth-order valence-electron chi connectivity index (χ4n) is 4.65. The molecule has 1 aliphatic rings. The maximum absolute atomic E-state index is 15.2. The van der Waals surface area contributed by atoms with Crippen LogP contribution in [-0.4, -0.2) is 38.6 Å². The van der Waals surface area contributed by atoms with Gasteiger partial charge in [0.05, 0.1) is 30.5 Å². The molecule has 2 aromatic heterocycles. The standard InChI is InChI=1S/C29H30FN5O4/c1-29(2,3)19-11-17-14-32-35(27(38)25(17)22(30)13-19)24-8-5-7-20(21(24)16-36)18-12-23(26(37)34(4)15-18)33-28-31-9-6-10-39-28/h5,7-8,11-15,36H,6,9-10,16H2,1-4H3,(H,31,33). The van der Waals surface area contributed by atoms with E-state index in [-0.39, 0.29) is 28.1 Å². The summed E-state index contributed by atoms with van der Waals surface area (Å²) in [5.41, 5.74) is 1.69. The van der Waals surface area contributed by atoms with Crippen molar-refractivity contribution in [1.29, 1.82) is 0 Å². The van der Waals surface area contributed by atoms with Gasteiger partial charge in [-0.25, -0.2) is 9.38 Å². The number of benzene rings is 2. The van der Waals surface area contributed by atoms with E-state index in [0.29, 0.717) is 40.9 Å². The van der Waals surface area contributed by atoms with Crippen molar-refractivity contribution in [1.82, 2.24) is 14.3 Å². The summed E-state index contributed by atoms with van der Waals surface area (Å²) in [6.07, 6.45) is 3.90. The van der Waals surface area contributed by atoms with Gasteiger partial charge in [-0.3, -0.25) is 9.59 Å². The molecule has 0 fully saturated rings. The van der Waals surface area contributed by atoms with Crippen molar-refractivity contribution < 1.29 is 14.2 Å². The summed E-state index contributed by atoms with van der Waals surface area (Å²) in [6, 6.07) is 10.2. The lowest BCUT2D eigenvalue weighted by molar-refractivity contribution is 0.281. The summed E-state index contributed by atoms with van der Waals surface area (Å²) in [5.74, 6) is -0.623. The Morgan fingerprint density at radius 1 is 1.15 bits per heavy atom. The number of aryl methyl sites for hydroxylation is 1. The molecule has 0 aliphatic carbocycles. The first-order valence-electron chi connectivity index (χ1n) is 12.7. The minimum Gasteiger partial charge on any atom is -0.465 e. The largest absolute Gasteiger partial charge is 0.465 e. The smallest absolute Gasteiger partial charge is 0.289 e. The van der Waals surface area contributed by atoms with E-state index in [4.69, 9.17) is 4.74 Å². The monoisotopic (exact) mass is 531 g/mol. The van der Waals surface area contributed by atoms with Gasteiger partial charge in [0.1, 0.15) is 11.5 Å². The van der Waals surface area contributed by atoms with Crippen LogP contribution < -0.4 is 16.4 Å². The normalized spacial score (nSPS) is 13.7. The maximum Gasteiger partial charge on any atom is 0.289 e. The molecule has 0 saturated heterocycles. The zero-order chi connectivity index (χ0) is 27.9. The number of aliphatic imine (C=N–C) groups is 1. The molecule has 0 spiro atoms. The number of nitrogens with one attached hydrogen (secondary N) is 1. The SMILES string of the molecule is Cn1cc(-c2cccc(-n3ncc4cc(C(C)(C)C)cc(F)c4c3=O)c2CO)cc(NC2=NCCCO2)c1=O. The van der Waals surface area contributed by atoms with E-state index >= 15 is 4.39 Å². The van der Waals surface area contributed by atoms with Gasteiger partial charge in [0.25, 0.3) is 17.1 Å². The lowest BCUT2D eigenvalue weighted by Crippen LogP contribution is -2.28. The summed E-state index contributed by atoms with van der Waals surface area (Å²) in [5, 5.41) is 18.0. The summed E-state index contributed by atoms with van der Waals surface area (Å²) < 4.78 is 23.2. The van der Waals surface area contributed by atoms with Gasteiger partial charge < -0.3 is 19.7 Å². The lowest BCUT2D eigenvalue weighted by Gasteiger charge is -2.20. The van der Waals surface area contributed by atoms with Crippen molar-refractivity contribution >= 4 is 22.5 Å². The molecule has 0 amide bonds. The molecule has 2 aromatic carbocycles. The van der Waals surface area contributed by atoms with Gasteiger partial charge in [0, 0.05) is 42.7 Å². The first-order valence-corrected chi connectivity index (χ1v) is 12.7. The van der Waals surface area contributed by atoms with Crippen LogP contribution in [0.25, 0.3) is 27.6 Å². The zero-order valence-electron chi connectivity index (χ0n) is 22.3. The molecule has 0 atom stereocenters. The Hall–Kier alpha value is -4.31. The number of amidine groups is 1. The number of anilines is 1. The number of aromatic nitrogens is 3. The zero-order valence-corrected chi connectivity index (χ0v) is 22.3. The molecule has 9 nitrogen and oxygen atoms in total. The van der Waals surface area contributed by atoms with Crippen LogP contribution in [0.15, 0.2) is 63.4 Å². The Balaban J connectivity index is 1.65. The van der Waals surface area contributed by atoms with Crippen molar-refractivity contribution in [2.45, 2.75) is 39.2 Å². The highest BCUT2D eigenvalue weighted by atomic mass is 19.1. The Morgan fingerprint density at radius 3 is 2.64 bits per heavy atom. The average molecular weight is 532 g/mol. The number of fused-ring (bicyclic) bond motifs is 1. The molecule has 202 valence electrons. The second kappa shape index (κ2) is 10.1. The van der Waals surface area contributed by atoms with Crippen LogP contribution in [0, 0.1) is 5.82 Å². The van der Waals surface area contributed by atoms with Gasteiger partial charge >= 0.3 is 0 Å². The third kappa shape index (κ3) is 4.95. The fourth-order valence-corrected chi connectivity index (χ4v) is 4.65. The van der Waals surface area contributed by atoms with E-state index in [2.05, 4.69) is 15.4 Å². The Bertz CT molecular complexity index is 1730. The molecule has 1 aliphatic heterocycles. The predicted octanol–water partition coefficient (Wildman–Crippen LogP) is 3.87. The van der Waals surface area contributed by atoms with E-state index in [0.717, 1.165) is 16.7 Å². The number of aliphatic hydroxyl groups is 1. The second-order valence-electron chi connectivity index (χ2n) is 10.6. The highest BCUT2D eigenvalue weighted by Gasteiger charge is 2.21. The van der Waals surface area contributed by atoms with Gasteiger partial charge in [-0.1, -0.05) is 32.9 Å². The summed E-state index contributed by atoms with van der Waals surface area (Å²) >= 11 is 0. The Labute approximate surface area is 224 Å².